The number of rotatable bonds is 11. The summed E-state index contributed by atoms with van der Waals surface area (Å²) in [6.45, 7) is 4.82. The first-order valence-electron chi connectivity index (χ1n) is 30.5. The van der Waals surface area contributed by atoms with Crippen molar-refractivity contribution >= 4 is 83.0 Å². The molecular weight excluding hydrogens is 1060 g/mol. The second-order valence-corrected chi connectivity index (χ2v) is 24.1. The molecule has 2 aromatic heterocycles. The summed E-state index contributed by atoms with van der Waals surface area (Å²) in [5, 5.41) is 7.42. The maximum absolute atomic E-state index is 2.56. The van der Waals surface area contributed by atoms with E-state index in [1.807, 2.05) is 0 Å². The molecule has 1 aliphatic carbocycles. The van der Waals surface area contributed by atoms with Crippen molar-refractivity contribution in [3.8, 4) is 66.8 Å². The summed E-state index contributed by atoms with van der Waals surface area (Å²) in [6.07, 6.45) is 0. The average molecular weight is 1120 g/mol. The highest BCUT2D eigenvalue weighted by Crippen LogP contribution is 2.54. The first kappa shape index (κ1) is 51.2. The molecule has 88 heavy (non-hydrogen) atoms. The first-order valence-corrected chi connectivity index (χ1v) is 30.5. The summed E-state index contributed by atoms with van der Waals surface area (Å²) in [7, 11) is 0. The van der Waals surface area contributed by atoms with Crippen LogP contribution in [0.3, 0.4) is 0 Å². The van der Waals surface area contributed by atoms with E-state index >= 15 is 0 Å². The Labute approximate surface area is 512 Å². The Hall–Kier alpha value is -11.3. The lowest BCUT2D eigenvalue weighted by atomic mass is 9.81. The van der Waals surface area contributed by atoms with Crippen LogP contribution in [0.1, 0.15) is 25.0 Å². The van der Waals surface area contributed by atoms with Crippen LogP contribution in [0.2, 0.25) is 0 Å². The molecule has 0 aliphatic heterocycles. The van der Waals surface area contributed by atoms with Crippen LogP contribution in [0.4, 0.5) is 34.1 Å². The topological polar surface area (TPSA) is 10.9 Å². The molecular formula is C85H59N3. The fourth-order valence-electron chi connectivity index (χ4n) is 14.2. The van der Waals surface area contributed by atoms with Gasteiger partial charge >= 0.3 is 0 Å². The molecule has 0 amide bonds. The summed E-state index contributed by atoms with van der Waals surface area (Å²) in [4.78, 5) is 4.89. The molecule has 0 bridgehead atoms. The Balaban J connectivity index is 0.823. The number of aromatic nitrogens is 1. The minimum Gasteiger partial charge on any atom is -0.310 e. The zero-order chi connectivity index (χ0) is 58.5. The first-order chi connectivity index (χ1) is 43.4. The summed E-state index contributed by atoms with van der Waals surface area (Å²) >= 11 is 0. The molecule has 0 spiro atoms. The Kier molecular flexibility index (Phi) is 11.9. The van der Waals surface area contributed by atoms with Crippen LogP contribution in [0.25, 0.3) is 116 Å². The maximum Gasteiger partial charge on any atom is 0.0641 e. The number of fused-ring (bicyclic) bond motifs is 10. The van der Waals surface area contributed by atoms with E-state index in [1.165, 1.54) is 127 Å². The SMILES string of the molecule is CC1(C)c2cc(N(c3ccc(-c4ccccc4)cc3)c3ccc(-c4ccccc4)cc3)ccc2-c2cc3cc4c5ccc(N(c6ccc(-c7ccccc7)cc6)c6ccc(-c7ccccc7)cc6)c6c7cc(-c8ccccc8)ccc7n(c4cc3cc21)c56. The molecule has 3 heteroatoms. The van der Waals surface area contributed by atoms with Crippen LogP contribution in [-0.4, -0.2) is 4.40 Å². The molecule has 14 aromatic carbocycles. The molecule has 0 N–H and O–H groups in total. The Morgan fingerprint density at radius 3 is 1.14 bits per heavy atom. The Morgan fingerprint density at radius 2 is 0.659 bits per heavy atom. The van der Waals surface area contributed by atoms with Gasteiger partial charge in [-0.3, -0.25) is 0 Å². The zero-order valence-corrected chi connectivity index (χ0v) is 48.9. The smallest absolute Gasteiger partial charge is 0.0641 e. The average Bonchev–Trinajstić information content (AvgIpc) is 1.62. The van der Waals surface area contributed by atoms with Crippen LogP contribution in [0, 0.1) is 0 Å². The minimum atomic E-state index is -0.283. The third-order valence-corrected chi connectivity index (χ3v) is 18.7. The molecule has 0 atom stereocenters. The second-order valence-electron chi connectivity index (χ2n) is 24.1. The van der Waals surface area contributed by atoms with Crippen LogP contribution < -0.4 is 9.80 Å². The third-order valence-electron chi connectivity index (χ3n) is 18.7. The molecule has 0 unspecified atom stereocenters. The molecule has 0 radical (unpaired) electrons. The number of anilines is 6. The lowest BCUT2D eigenvalue weighted by Crippen LogP contribution is -2.16. The van der Waals surface area contributed by atoms with Gasteiger partial charge in [0, 0.05) is 55.4 Å². The number of hydrogen-bond acceptors (Lipinski definition) is 2. The summed E-state index contributed by atoms with van der Waals surface area (Å²) < 4.78 is 2.56. The Morgan fingerprint density at radius 1 is 0.261 bits per heavy atom. The molecule has 0 saturated heterocycles. The molecule has 0 fully saturated rings. The van der Waals surface area contributed by atoms with Gasteiger partial charge in [-0.1, -0.05) is 232 Å². The molecule has 0 saturated carbocycles. The van der Waals surface area contributed by atoms with Crippen molar-refractivity contribution in [2.24, 2.45) is 0 Å². The van der Waals surface area contributed by atoms with Gasteiger partial charge in [0.1, 0.15) is 0 Å². The predicted molar refractivity (Wildman–Crippen MR) is 373 cm³/mol. The van der Waals surface area contributed by atoms with Crippen LogP contribution in [0.5, 0.6) is 0 Å². The van der Waals surface area contributed by atoms with Crippen molar-refractivity contribution in [2.75, 3.05) is 9.80 Å². The molecule has 414 valence electrons. The molecule has 16 aromatic rings. The van der Waals surface area contributed by atoms with E-state index in [2.05, 4.69) is 350 Å². The van der Waals surface area contributed by atoms with E-state index in [0.29, 0.717) is 0 Å². The normalized spacial score (nSPS) is 12.5. The van der Waals surface area contributed by atoms with Crippen LogP contribution >= 0.6 is 0 Å². The van der Waals surface area contributed by atoms with Gasteiger partial charge in [0.05, 0.1) is 22.2 Å². The van der Waals surface area contributed by atoms with Crippen molar-refractivity contribution in [1.82, 2.24) is 4.40 Å². The number of benzene rings is 14. The quantitative estimate of drug-likeness (QED) is 0.128. The van der Waals surface area contributed by atoms with Gasteiger partial charge < -0.3 is 14.2 Å². The van der Waals surface area contributed by atoms with Gasteiger partial charge in [-0.15, -0.1) is 0 Å². The lowest BCUT2D eigenvalue weighted by molar-refractivity contribution is 0.661. The molecule has 17 rings (SSSR count). The van der Waals surface area contributed by atoms with E-state index in [-0.39, 0.29) is 5.41 Å². The van der Waals surface area contributed by atoms with Gasteiger partial charge in [-0.2, -0.15) is 0 Å². The lowest BCUT2D eigenvalue weighted by Gasteiger charge is -2.28. The van der Waals surface area contributed by atoms with Crippen molar-refractivity contribution in [1.29, 1.82) is 0 Å². The summed E-state index contributed by atoms with van der Waals surface area (Å²) in [5.41, 5.74) is 27.2. The highest BCUT2D eigenvalue weighted by molar-refractivity contribution is 6.29. The standard InChI is InChI=1S/C85H59N3/c1-85(2)78-53-67-54-82-76(52-66(67)51-75(78)73-46-45-72(55-79(73)85)86(68-37-28-61(29-38-68)56-18-8-3-9-19-56)69-39-30-62(31-40-69)57-20-10-4-11-21-57)74-47-49-81(83-77-50-65(60-26-16-7-17-27-60)36-48-80(77)88(82)84(74)83)87(70-41-32-63(33-42-70)58-22-12-5-13-23-58)71-43-34-64(35-44-71)59-24-14-6-15-25-59/h3-55H,1-2H3. The van der Waals surface area contributed by atoms with Gasteiger partial charge in [-0.25, -0.2) is 0 Å². The van der Waals surface area contributed by atoms with Gasteiger partial charge in [0.25, 0.3) is 0 Å². The number of hydrogen-bond donors (Lipinski definition) is 0. The van der Waals surface area contributed by atoms with Crippen molar-refractivity contribution in [3.63, 3.8) is 0 Å². The minimum absolute atomic E-state index is 0.283. The summed E-state index contributed by atoms with van der Waals surface area (Å²) in [6, 6.07) is 119. The van der Waals surface area contributed by atoms with E-state index in [0.717, 1.165) is 34.1 Å². The maximum atomic E-state index is 2.56. The molecule has 3 nitrogen and oxygen atoms in total. The van der Waals surface area contributed by atoms with Crippen molar-refractivity contribution in [2.45, 2.75) is 19.3 Å². The zero-order valence-electron chi connectivity index (χ0n) is 48.9. The van der Waals surface area contributed by atoms with Crippen molar-refractivity contribution in [3.05, 3.63) is 333 Å². The van der Waals surface area contributed by atoms with Gasteiger partial charge in [0.15, 0.2) is 0 Å². The number of nitrogens with zero attached hydrogens (tertiary/aromatic N) is 3. The largest absolute Gasteiger partial charge is 0.310 e. The fraction of sp³-hybridized carbons (Fsp3) is 0.0353. The van der Waals surface area contributed by atoms with Crippen molar-refractivity contribution < 1.29 is 0 Å². The predicted octanol–water partition coefficient (Wildman–Crippen LogP) is 23.6. The van der Waals surface area contributed by atoms with E-state index in [1.54, 1.807) is 0 Å². The van der Waals surface area contributed by atoms with E-state index in [4.69, 9.17) is 0 Å². The monoisotopic (exact) mass is 1120 g/mol. The van der Waals surface area contributed by atoms with Gasteiger partial charge in [-0.05, 0) is 192 Å². The highest BCUT2D eigenvalue weighted by atomic mass is 15.2. The highest BCUT2D eigenvalue weighted by Gasteiger charge is 2.37. The van der Waals surface area contributed by atoms with Crippen LogP contribution in [-0.2, 0) is 5.41 Å². The second kappa shape index (κ2) is 20.5. The van der Waals surface area contributed by atoms with Crippen LogP contribution in [0.15, 0.2) is 322 Å². The summed E-state index contributed by atoms with van der Waals surface area (Å²) in [5.74, 6) is 0. The molecule has 2 heterocycles. The molecule has 1 aliphatic rings. The fourth-order valence-corrected chi connectivity index (χ4v) is 14.2. The van der Waals surface area contributed by atoms with E-state index < -0.39 is 0 Å². The third kappa shape index (κ3) is 8.42. The van der Waals surface area contributed by atoms with E-state index in [9.17, 15) is 0 Å². The van der Waals surface area contributed by atoms with Gasteiger partial charge in [0.2, 0.25) is 0 Å². The Bertz CT molecular complexity index is 5100.